The smallest absolute Gasteiger partial charge is 0.408 e. The first kappa shape index (κ1) is 33.7. The highest BCUT2D eigenvalue weighted by molar-refractivity contribution is 5.90. The predicted octanol–water partition coefficient (Wildman–Crippen LogP) is 6.19. The van der Waals surface area contributed by atoms with E-state index in [9.17, 15) is 14.4 Å². The fourth-order valence-electron chi connectivity index (χ4n) is 5.90. The maximum absolute atomic E-state index is 13.9. The molecule has 246 valence electrons. The number of carbonyl (C=O) groups is 3. The molecule has 5 rings (SSSR count). The molecule has 0 aliphatic rings. The van der Waals surface area contributed by atoms with Crippen molar-refractivity contribution in [1.82, 2.24) is 20.2 Å². The van der Waals surface area contributed by atoms with Gasteiger partial charge in [0.1, 0.15) is 23.2 Å². The summed E-state index contributed by atoms with van der Waals surface area (Å²) in [5.74, 6) is -1.25. The Bertz CT molecular complexity index is 1710. The molecule has 0 aliphatic carbocycles. The van der Waals surface area contributed by atoms with Gasteiger partial charge in [-0.25, -0.2) is 14.6 Å². The number of hydrogen-bond acceptors (Lipinski definition) is 6. The summed E-state index contributed by atoms with van der Waals surface area (Å²) >= 11 is 0. The zero-order chi connectivity index (χ0) is 34.1. The quantitative estimate of drug-likeness (QED) is 0.131. The molecule has 48 heavy (non-hydrogen) atoms. The van der Waals surface area contributed by atoms with Gasteiger partial charge in [0.2, 0.25) is 5.91 Å². The van der Waals surface area contributed by atoms with E-state index >= 15 is 0 Å². The molecule has 1 aromatic heterocycles. The molecule has 9 heteroatoms. The summed E-state index contributed by atoms with van der Waals surface area (Å²) in [5, 5.41) is 5.51. The summed E-state index contributed by atoms with van der Waals surface area (Å²) in [7, 11) is 1.27. The van der Waals surface area contributed by atoms with Gasteiger partial charge >= 0.3 is 12.1 Å². The van der Waals surface area contributed by atoms with E-state index in [2.05, 4.69) is 52.0 Å². The van der Waals surface area contributed by atoms with E-state index in [0.717, 1.165) is 16.7 Å². The van der Waals surface area contributed by atoms with Gasteiger partial charge in [0.05, 0.1) is 13.4 Å². The normalized spacial score (nSPS) is 12.8. The van der Waals surface area contributed by atoms with Crippen LogP contribution in [0.2, 0.25) is 0 Å². The van der Waals surface area contributed by atoms with Crippen molar-refractivity contribution in [2.24, 2.45) is 0 Å². The minimum absolute atomic E-state index is 0.0423. The SMILES string of the molecule is COC(=O)[C@H](Cc1cncn1C(c1ccccc1)(c1ccccc1)c1ccccc1)NC(=O)[C@@H](NC(=O)OC(C)(C)C)c1ccccc1. The number of hydrogen-bond donors (Lipinski definition) is 2. The van der Waals surface area contributed by atoms with Crippen LogP contribution in [0.15, 0.2) is 134 Å². The van der Waals surface area contributed by atoms with Crippen LogP contribution in [0.3, 0.4) is 0 Å². The van der Waals surface area contributed by atoms with Gasteiger partial charge in [0.25, 0.3) is 0 Å². The number of aromatic nitrogens is 2. The van der Waals surface area contributed by atoms with Gasteiger partial charge in [-0.15, -0.1) is 0 Å². The van der Waals surface area contributed by atoms with Gasteiger partial charge in [-0.3, -0.25) is 4.79 Å². The van der Waals surface area contributed by atoms with Crippen LogP contribution in [0.4, 0.5) is 4.79 Å². The number of rotatable bonds is 11. The first-order valence-electron chi connectivity index (χ1n) is 15.7. The lowest BCUT2D eigenvalue weighted by Crippen LogP contribution is -2.49. The molecule has 0 aliphatic heterocycles. The molecule has 0 fully saturated rings. The minimum Gasteiger partial charge on any atom is -0.467 e. The molecule has 0 radical (unpaired) electrons. The average Bonchev–Trinajstić information content (AvgIpc) is 3.56. The molecule has 5 aromatic rings. The summed E-state index contributed by atoms with van der Waals surface area (Å²) in [4.78, 5) is 44.7. The van der Waals surface area contributed by atoms with Crippen molar-refractivity contribution in [3.8, 4) is 0 Å². The molecule has 0 saturated carbocycles. The minimum atomic E-state index is -1.14. The molecular formula is C39H40N4O5. The van der Waals surface area contributed by atoms with E-state index in [1.165, 1.54) is 7.11 Å². The van der Waals surface area contributed by atoms with Crippen molar-refractivity contribution in [2.45, 2.75) is 50.4 Å². The Morgan fingerprint density at radius 1 is 0.729 bits per heavy atom. The topological polar surface area (TPSA) is 112 Å². The van der Waals surface area contributed by atoms with Crippen LogP contribution in [-0.4, -0.2) is 46.3 Å². The third-order valence-electron chi connectivity index (χ3n) is 7.92. The molecule has 0 spiro atoms. The summed E-state index contributed by atoms with van der Waals surface area (Å²) in [6.45, 7) is 5.21. The number of carbonyl (C=O) groups excluding carboxylic acids is 3. The Balaban J connectivity index is 1.56. The predicted molar refractivity (Wildman–Crippen MR) is 183 cm³/mol. The van der Waals surface area contributed by atoms with Crippen molar-refractivity contribution in [3.05, 3.63) is 162 Å². The molecule has 4 aromatic carbocycles. The number of alkyl carbamates (subject to hydrolysis) is 1. The number of imidazole rings is 1. The van der Waals surface area contributed by atoms with Crippen LogP contribution in [0.1, 0.15) is 54.8 Å². The highest BCUT2D eigenvalue weighted by Gasteiger charge is 2.40. The third-order valence-corrected chi connectivity index (χ3v) is 7.92. The molecule has 9 nitrogen and oxygen atoms in total. The summed E-state index contributed by atoms with van der Waals surface area (Å²) in [5.41, 5.74) is 2.45. The molecular weight excluding hydrogens is 604 g/mol. The number of nitrogens with zero attached hydrogens (tertiary/aromatic N) is 2. The molecule has 0 saturated heterocycles. The fourth-order valence-corrected chi connectivity index (χ4v) is 5.90. The number of esters is 1. The Labute approximate surface area is 280 Å². The van der Waals surface area contributed by atoms with Crippen molar-refractivity contribution in [1.29, 1.82) is 0 Å². The molecule has 1 heterocycles. The van der Waals surface area contributed by atoms with Gasteiger partial charge in [-0.1, -0.05) is 121 Å². The number of ether oxygens (including phenoxy) is 2. The van der Waals surface area contributed by atoms with E-state index < -0.39 is 41.2 Å². The Morgan fingerprint density at radius 3 is 1.67 bits per heavy atom. The number of nitrogens with one attached hydrogen (secondary N) is 2. The largest absolute Gasteiger partial charge is 0.467 e. The van der Waals surface area contributed by atoms with Crippen LogP contribution < -0.4 is 10.6 Å². The van der Waals surface area contributed by atoms with Gasteiger partial charge in [0, 0.05) is 18.3 Å². The summed E-state index contributed by atoms with van der Waals surface area (Å²) in [6.07, 6.45) is 2.72. The van der Waals surface area contributed by atoms with Gasteiger partial charge in [-0.2, -0.15) is 0 Å². The Kier molecular flexibility index (Phi) is 10.4. The van der Waals surface area contributed by atoms with Crippen LogP contribution in [0.25, 0.3) is 0 Å². The zero-order valence-electron chi connectivity index (χ0n) is 27.5. The number of benzene rings is 4. The lowest BCUT2D eigenvalue weighted by atomic mass is 9.76. The van der Waals surface area contributed by atoms with Gasteiger partial charge in [-0.05, 0) is 43.0 Å². The van der Waals surface area contributed by atoms with Crippen molar-refractivity contribution in [2.75, 3.05) is 7.11 Å². The monoisotopic (exact) mass is 644 g/mol. The van der Waals surface area contributed by atoms with E-state index in [1.807, 2.05) is 65.2 Å². The van der Waals surface area contributed by atoms with Crippen molar-refractivity contribution < 1.29 is 23.9 Å². The number of amides is 2. The molecule has 2 amide bonds. The van der Waals surface area contributed by atoms with E-state index in [1.54, 1.807) is 57.6 Å². The highest BCUT2D eigenvalue weighted by Crippen LogP contribution is 2.41. The van der Waals surface area contributed by atoms with Crippen LogP contribution in [0.5, 0.6) is 0 Å². The first-order chi connectivity index (χ1) is 23.1. The second-order valence-corrected chi connectivity index (χ2v) is 12.3. The van der Waals surface area contributed by atoms with E-state index in [0.29, 0.717) is 11.3 Å². The average molecular weight is 645 g/mol. The Morgan fingerprint density at radius 2 is 1.21 bits per heavy atom. The fraction of sp³-hybridized carbons (Fsp3) is 0.231. The van der Waals surface area contributed by atoms with Crippen molar-refractivity contribution in [3.63, 3.8) is 0 Å². The highest BCUT2D eigenvalue weighted by atomic mass is 16.6. The van der Waals surface area contributed by atoms with Gasteiger partial charge in [0.15, 0.2) is 0 Å². The standard InChI is InChI=1S/C39H40N4O5/c1-38(2,3)48-37(46)42-34(28-17-9-5-10-18-28)35(44)41-33(36(45)47-4)25-32-26-40-27-43(32)39(29-19-11-6-12-20-29,30-21-13-7-14-22-30)31-23-15-8-16-24-31/h5-24,26-27,33-34H,25H2,1-4H3,(H,41,44)(H,42,46)/t33-,34-/m0/s1. The van der Waals surface area contributed by atoms with Crippen molar-refractivity contribution >= 4 is 18.0 Å². The Hall–Kier alpha value is -5.70. The number of methoxy groups -OCH3 is 1. The molecule has 2 atom stereocenters. The summed E-state index contributed by atoms with van der Waals surface area (Å²) < 4.78 is 12.7. The third kappa shape index (κ3) is 7.47. The lowest BCUT2D eigenvalue weighted by Gasteiger charge is -2.39. The van der Waals surface area contributed by atoms with E-state index in [-0.39, 0.29) is 6.42 Å². The maximum atomic E-state index is 13.9. The van der Waals surface area contributed by atoms with Crippen LogP contribution in [-0.2, 0) is 31.0 Å². The second kappa shape index (κ2) is 14.8. The summed E-state index contributed by atoms with van der Waals surface area (Å²) in [6, 6.07) is 36.8. The lowest BCUT2D eigenvalue weighted by molar-refractivity contribution is -0.145. The molecule has 0 bridgehead atoms. The van der Waals surface area contributed by atoms with E-state index in [4.69, 9.17) is 9.47 Å². The molecule has 0 unspecified atom stereocenters. The van der Waals surface area contributed by atoms with Crippen LogP contribution >= 0.6 is 0 Å². The first-order valence-corrected chi connectivity index (χ1v) is 15.7. The molecule has 2 N–H and O–H groups in total. The van der Waals surface area contributed by atoms with Gasteiger partial charge < -0.3 is 24.7 Å². The second-order valence-electron chi connectivity index (χ2n) is 12.3. The van der Waals surface area contributed by atoms with Crippen LogP contribution in [0, 0.1) is 0 Å². The zero-order valence-corrected chi connectivity index (χ0v) is 27.5. The maximum Gasteiger partial charge on any atom is 0.408 e.